The first-order valence-electron chi connectivity index (χ1n) is 6.57. The molecule has 2 aliphatic rings. The van der Waals surface area contributed by atoms with Gasteiger partial charge in [0.15, 0.2) is 0 Å². The van der Waals surface area contributed by atoms with E-state index in [2.05, 4.69) is 20.8 Å². The Morgan fingerprint density at radius 2 is 1.79 bits per heavy atom. The van der Waals surface area contributed by atoms with Crippen molar-refractivity contribution in [2.24, 2.45) is 23.2 Å². The molecule has 0 aliphatic heterocycles. The van der Waals surface area contributed by atoms with Crippen LogP contribution in [0.15, 0.2) is 0 Å². The summed E-state index contributed by atoms with van der Waals surface area (Å²) in [5, 5.41) is 0. The fourth-order valence-electron chi connectivity index (χ4n) is 3.84. The fourth-order valence-corrected chi connectivity index (χ4v) is 3.84. The van der Waals surface area contributed by atoms with Gasteiger partial charge in [0.1, 0.15) is 0 Å². The monoisotopic (exact) mass is 194 g/mol. The SMILES string of the molecule is CC1CCC2CC(C)(C)CCCC2C1. The molecule has 0 N–H and O–H groups in total. The van der Waals surface area contributed by atoms with Gasteiger partial charge in [0.25, 0.3) is 0 Å². The topological polar surface area (TPSA) is 0 Å². The Labute approximate surface area is 89.5 Å². The highest BCUT2D eigenvalue weighted by molar-refractivity contribution is 4.86. The lowest BCUT2D eigenvalue weighted by atomic mass is 9.70. The Kier molecular flexibility index (Phi) is 2.91. The Hall–Kier alpha value is 0. The lowest BCUT2D eigenvalue weighted by Crippen LogP contribution is -2.25. The normalized spacial score (nSPS) is 42.6. The molecule has 2 rings (SSSR count). The van der Waals surface area contributed by atoms with Gasteiger partial charge in [0.05, 0.1) is 0 Å². The van der Waals surface area contributed by atoms with Crippen LogP contribution in [0.5, 0.6) is 0 Å². The molecule has 2 saturated carbocycles. The minimum atomic E-state index is 0.639. The standard InChI is InChI=1S/C14H26/c1-11-6-7-13-10-14(2,3)8-4-5-12(13)9-11/h11-13H,4-10H2,1-3H3. The highest BCUT2D eigenvalue weighted by Crippen LogP contribution is 2.46. The molecule has 82 valence electrons. The van der Waals surface area contributed by atoms with Gasteiger partial charge in [-0.2, -0.15) is 0 Å². The summed E-state index contributed by atoms with van der Waals surface area (Å²) in [6.07, 6.45) is 10.5. The molecule has 3 atom stereocenters. The van der Waals surface area contributed by atoms with Gasteiger partial charge in [0.2, 0.25) is 0 Å². The Morgan fingerprint density at radius 1 is 1.00 bits per heavy atom. The van der Waals surface area contributed by atoms with E-state index in [0.717, 1.165) is 17.8 Å². The third kappa shape index (κ3) is 2.32. The van der Waals surface area contributed by atoms with E-state index >= 15 is 0 Å². The van der Waals surface area contributed by atoms with Crippen LogP contribution in [-0.4, -0.2) is 0 Å². The number of fused-ring (bicyclic) bond motifs is 1. The zero-order chi connectivity index (χ0) is 10.2. The van der Waals surface area contributed by atoms with Gasteiger partial charge >= 0.3 is 0 Å². The van der Waals surface area contributed by atoms with E-state index in [1.807, 2.05) is 0 Å². The molecule has 2 aliphatic carbocycles. The molecule has 3 unspecified atom stereocenters. The molecule has 2 fully saturated rings. The lowest BCUT2D eigenvalue weighted by Gasteiger charge is -2.36. The molecule has 0 aromatic carbocycles. The van der Waals surface area contributed by atoms with Crippen LogP contribution in [0.3, 0.4) is 0 Å². The van der Waals surface area contributed by atoms with E-state index in [0.29, 0.717) is 5.41 Å². The summed E-state index contributed by atoms with van der Waals surface area (Å²) in [7, 11) is 0. The van der Waals surface area contributed by atoms with Crippen molar-refractivity contribution in [2.75, 3.05) is 0 Å². The maximum absolute atomic E-state index is 2.48. The van der Waals surface area contributed by atoms with Crippen LogP contribution in [-0.2, 0) is 0 Å². The van der Waals surface area contributed by atoms with E-state index in [9.17, 15) is 0 Å². The van der Waals surface area contributed by atoms with Crippen LogP contribution < -0.4 is 0 Å². The van der Waals surface area contributed by atoms with Crippen LogP contribution in [0.1, 0.15) is 65.7 Å². The minimum absolute atomic E-state index is 0.639. The zero-order valence-electron chi connectivity index (χ0n) is 10.2. The summed E-state index contributed by atoms with van der Waals surface area (Å²) >= 11 is 0. The molecule has 0 nitrogen and oxygen atoms in total. The lowest BCUT2D eigenvalue weighted by molar-refractivity contribution is 0.149. The van der Waals surface area contributed by atoms with Crippen molar-refractivity contribution < 1.29 is 0 Å². The average molecular weight is 194 g/mol. The molecule has 0 saturated heterocycles. The fraction of sp³-hybridized carbons (Fsp3) is 1.00. The van der Waals surface area contributed by atoms with E-state index in [1.54, 1.807) is 0 Å². The van der Waals surface area contributed by atoms with Crippen molar-refractivity contribution >= 4 is 0 Å². The first kappa shape index (κ1) is 10.5. The van der Waals surface area contributed by atoms with Gasteiger partial charge < -0.3 is 0 Å². The summed E-state index contributed by atoms with van der Waals surface area (Å²) in [5.41, 5.74) is 0.639. The van der Waals surface area contributed by atoms with Crippen molar-refractivity contribution in [1.82, 2.24) is 0 Å². The molecular formula is C14H26. The summed E-state index contributed by atoms with van der Waals surface area (Å²) in [5.74, 6) is 3.17. The van der Waals surface area contributed by atoms with Crippen molar-refractivity contribution in [3.05, 3.63) is 0 Å². The van der Waals surface area contributed by atoms with Crippen molar-refractivity contribution in [2.45, 2.75) is 65.7 Å². The van der Waals surface area contributed by atoms with Crippen LogP contribution in [0.2, 0.25) is 0 Å². The predicted molar refractivity (Wildman–Crippen MR) is 62.2 cm³/mol. The third-order valence-corrected chi connectivity index (χ3v) is 4.65. The second-order valence-corrected chi connectivity index (χ2v) is 6.70. The van der Waals surface area contributed by atoms with Gasteiger partial charge in [-0.15, -0.1) is 0 Å². The molecule has 0 aromatic heterocycles. The Balaban J connectivity index is 2.02. The van der Waals surface area contributed by atoms with Crippen molar-refractivity contribution in [3.8, 4) is 0 Å². The van der Waals surface area contributed by atoms with Crippen LogP contribution in [0.4, 0.5) is 0 Å². The molecule has 0 spiro atoms. The molecule has 0 heteroatoms. The quantitative estimate of drug-likeness (QED) is 0.527. The molecule has 14 heavy (non-hydrogen) atoms. The highest BCUT2D eigenvalue weighted by Gasteiger charge is 2.35. The van der Waals surface area contributed by atoms with E-state index in [4.69, 9.17) is 0 Å². The molecular weight excluding hydrogens is 168 g/mol. The van der Waals surface area contributed by atoms with E-state index in [1.165, 1.54) is 44.9 Å². The first-order chi connectivity index (χ1) is 6.57. The summed E-state index contributed by atoms with van der Waals surface area (Å²) in [6.45, 7) is 7.41. The molecule has 0 heterocycles. The minimum Gasteiger partial charge on any atom is -0.0625 e. The summed E-state index contributed by atoms with van der Waals surface area (Å²) in [4.78, 5) is 0. The van der Waals surface area contributed by atoms with Gasteiger partial charge in [-0.1, -0.05) is 40.0 Å². The van der Waals surface area contributed by atoms with Crippen LogP contribution >= 0.6 is 0 Å². The number of hydrogen-bond acceptors (Lipinski definition) is 0. The van der Waals surface area contributed by atoms with Crippen LogP contribution in [0, 0.1) is 23.2 Å². The van der Waals surface area contributed by atoms with Crippen LogP contribution in [0.25, 0.3) is 0 Å². The Bertz CT molecular complexity index is 192. The average Bonchev–Trinajstić information content (AvgIpc) is 2.22. The summed E-state index contributed by atoms with van der Waals surface area (Å²) < 4.78 is 0. The van der Waals surface area contributed by atoms with Crippen molar-refractivity contribution in [3.63, 3.8) is 0 Å². The Morgan fingerprint density at radius 3 is 2.57 bits per heavy atom. The largest absolute Gasteiger partial charge is 0.0625 e. The molecule has 0 radical (unpaired) electrons. The third-order valence-electron chi connectivity index (χ3n) is 4.65. The van der Waals surface area contributed by atoms with Gasteiger partial charge in [-0.25, -0.2) is 0 Å². The maximum atomic E-state index is 2.48. The number of rotatable bonds is 0. The van der Waals surface area contributed by atoms with E-state index in [-0.39, 0.29) is 0 Å². The second-order valence-electron chi connectivity index (χ2n) is 6.70. The smallest absolute Gasteiger partial charge is 0.0351 e. The van der Waals surface area contributed by atoms with E-state index < -0.39 is 0 Å². The van der Waals surface area contributed by atoms with Gasteiger partial charge in [-0.3, -0.25) is 0 Å². The highest BCUT2D eigenvalue weighted by atomic mass is 14.4. The predicted octanol–water partition coefficient (Wildman–Crippen LogP) is 4.64. The van der Waals surface area contributed by atoms with Gasteiger partial charge in [-0.05, 0) is 48.9 Å². The van der Waals surface area contributed by atoms with Gasteiger partial charge in [0, 0.05) is 0 Å². The first-order valence-corrected chi connectivity index (χ1v) is 6.57. The number of hydrogen-bond donors (Lipinski definition) is 0. The second kappa shape index (κ2) is 3.87. The molecule has 0 bridgehead atoms. The summed E-state index contributed by atoms with van der Waals surface area (Å²) in [6, 6.07) is 0. The zero-order valence-corrected chi connectivity index (χ0v) is 10.2. The van der Waals surface area contributed by atoms with Crippen molar-refractivity contribution in [1.29, 1.82) is 0 Å². The maximum Gasteiger partial charge on any atom is -0.0351 e. The molecule has 0 aromatic rings. The molecule has 0 amide bonds.